The lowest BCUT2D eigenvalue weighted by Gasteiger charge is -2.16. The molecule has 1 aromatic rings. The number of carbonyl (C=O) groups excluding carboxylic acids is 2. The summed E-state index contributed by atoms with van der Waals surface area (Å²) in [6.45, 7) is -0.920. The summed E-state index contributed by atoms with van der Waals surface area (Å²) in [5.74, 6) is -0.847. The van der Waals surface area contributed by atoms with Crippen molar-refractivity contribution >= 4 is 11.9 Å². The highest BCUT2D eigenvalue weighted by Gasteiger charge is 2.21. The smallest absolute Gasteiger partial charge is 0.330 e. The topological polar surface area (TPSA) is 163 Å². The van der Waals surface area contributed by atoms with Gasteiger partial charge in [0.25, 0.3) is 0 Å². The molecule has 1 aromatic carbocycles. The van der Waals surface area contributed by atoms with Crippen molar-refractivity contribution in [2.45, 2.75) is 18.8 Å². The Morgan fingerprint density at radius 3 is 2.81 bits per heavy atom. The van der Waals surface area contributed by atoms with Gasteiger partial charge in [0.2, 0.25) is 5.91 Å². The van der Waals surface area contributed by atoms with E-state index in [9.17, 15) is 14.7 Å². The summed E-state index contributed by atoms with van der Waals surface area (Å²) >= 11 is 0. The van der Waals surface area contributed by atoms with Crippen LogP contribution in [0.3, 0.4) is 0 Å². The lowest BCUT2D eigenvalue weighted by molar-refractivity contribution is -0.146. The highest BCUT2D eigenvalue weighted by atomic mass is 16.5. The van der Waals surface area contributed by atoms with E-state index in [4.69, 9.17) is 20.1 Å². The largest absolute Gasteiger partial charge is 0.491 e. The number of nitrogens with zero attached hydrogens (tertiary/aromatic N) is 3. The Balaban J connectivity index is 2.55. The number of esters is 1. The molecule has 0 saturated heterocycles. The van der Waals surface area contributed by atoms with Gasteiger partial charge in [-0.25, -0.2) is 4.79 Å². The number of carbonyl (C=O) groups is 2. The molecule has 0 aliphatic rings. The van der Waals surface area contributed by atoms with Crippen molar-refractivity contribution in [1.82, 2.24) is 5.32 Å². The highest BCUT2D eigenvalue weighted by Crippen LogP contribution is 2.14. The normalized spacial score (nSPS) is 12.4. The highest BCUT2D eigenvalue weighted by molar-refractivity contribution is 5.85. The number of nitrogens with one attached hydrogen (secondary N) is 1. The molecule has 148 valence electrons. The van der Waals surface area contributed by atoms with Gasteiger partial charge >= 0.3 is 5.97 Å². The van der Waals surface area contributed by atoms with Gasteiger partial charge in [0.1, 0.15) is 25.0 Å². The van der Waals surface area contributed by atoms with Gasteiger partial charge in [-0.3, -0.25) is 4.79 Å². The van der Waals surface area contributed by atoms with Crippen molar-refractivity contribution in [3.63, 3.8) is 0 Å². The second kappa shape index (κ2) is 12.5. The van der Waals surface area contributed by atoms with Gasteiger partial charge in [-0.05, 0) is 23.2 Å². The van der Waals surface area contributed by atoms with Crippen LogP contribution in [0.15, 0.2) is 29.4 Å². The van der Waals surface area contributed by atoms with Crippen molar-refractivity contribution in [2.24, 2.45) is 5.11 Å². The lowest BCUT2D eigenvalue weighted by Crippen LogP contribution is -2.45. The summed E-state index contributed by atoms with van der Waals surface area (Å²) in [5.41, 5.74) is 8.93. The minimum Gasteiger partial charge on any atom is -0.491 e. The molecule has 1 rings (SSSR count). The number of aliphatic hydroxyl groups is 2. The first-order chi connectivity index (χ1) is 13.0. The summed E-state index contributed by atoms with van der Waals surface area (Å²) in [7, 11) is 1.18. The second-order valence-electron chi connectivity index (χ2n) is 5.34. The Kier molecular flexibility index (Phi) is 10.3. The summed E-state index contributed by atoms with van der Waals surface area (Å²) in [6, 6.07) is 5.80. The molecule has 11 nitrogen and oxygen atoms in total. The van der Waals surface area contributed by atoms with Crippen molar-refractivity contribution in [1.29, 1.82) is 0 Å². The van der Waals surface area contributed by atoms with E-state index >= 15 is 0 Å². The average Bonchev–Trinajstić information content (AvgIpc) is 2.69. The maximum Gasteiger partial charge on any atom is 0.330 e. The molecule has 0 bridgehead atoms. The van der Waals surface area contributed by atoms with Crippen molar-refractivity contribution in [2.75, 3.05) is 33.5 Å². The van der Waals surface area contributed by atoms with E-state index in [1.165, 1.54) is 7.11 Å². The molecule has 27 heavy (non-hydrogen) atoms. The molecule has 0 spiro atoms. The number of hydrogen-bond acceptors (Lipinski definition) is 8. The number of aliphatic hydroxyl groups excluding tert-OH is 2. The number of amides is 1. The zero-order valence-electron chi connectivity index (χ0n) is 14.8. The monoisotopic (exact) mass is 382 g/mol. The van der Waals surface area contributed by atoms with E-state index in [0.29, 0.717) is 5.75 Å². The lowest BCUT2D eigenvalue weighted by atomic mass is 10.2. The van der Waals surface area contributed by atoms with Crippen LogP contribution < -0.4 is 10.1 Å². The van der Waals surface area contributed by atoms with Gasteiger partial charge in [-0.1, -0.05) is 17.2 Å². The second-order valence-corrected chi connectivity index (χ2v) is 5.34. The number of hydrogen-bond donors (Lipinski definition) is 3. The van der Waals surface area contributed by atoms with Crippen LogP contribution in [0.4, 0.5) is 0 Å². The van der Waals surface area contributed by atoms with Crippen LogP contribution in [-0.4, -0.2) is 67.7 Å². The minimum atomic E-state index is -1.05. The first-order valence-corrected chi connectivity index (χ1v) is 7.96. The molecule has 0 fully saturated rings. The molecule has 0 saturated carbocycles. The summed E-state index contributed by atoms with van der Waals surface area (Å²) in [6.07, 6.45) is -0.973. The average molecular weight is 382 g/mol. The summed E-state index contributed by atoms with van der Waals surface area (Å²) < 4.78 is 15.4. The van der Waals surface area contributed by atoms with Crippen LogP contribution >= 0.6 is 0 Å². The van der Waals surface area contributed by atoms with Crippen molar-refractivity contribution in [3.05, 3.63) is 40.3 Å². The standard InChI is InChI=1S/C16H22N4O7/c1-25-16(24)14(19-15(23)6-18-20-17)10-26-8-11-3-2-4-13(5-11)27-9-12(22)7-21/h2-5,12,14,21-22H,6-10H2,1H3,(H,19,23)/t12?,14-/m0/s1. The SMILES string of the molecule is COC(=O)[C@H](COCc1cccc(OCC(O)CO)c1)NC(=O)CN=[N+]=[N-]. The molecule has 0 aliphatic carbocycles. The van der Waals surface area contributed by atoms with Crippen LogP contribution in [-0.2, 0) is 25.7 Å². The molecular weight excluding hydrogens is 360 g/mol. The fourth-order valence-corrected chi connectivity index (χ4v) is 1.91. The van der Waals surface area contributed by atoms with E-state index in [-0.39, 0.29) is 19.8 Å². The Labute approximate surface area is 155 Å². The van der Waals surface area contributed by atoms with Gasteiger partial charge in [0.15, 0.2) is 6.04 Å². The zero-order chi connectivity index (χ0) is 20.1. The van der Waals surface area contributed by atoms with Gasteiger partial charge in [0, 0.05) is 4.91 Å². The molecule has 1 amide bonds. The number of benzene rings is 1. The predicted molar refractivity (Wildman–Crippen MR) is 92.6 cm³/mol. The Morgan fingerprint density at radius 1 is 1.37 bits per heavy atom. The quantitative estimate of drug-likeness (QED) is 0.197. The van der Waals surface area contributed by atoms with E-state index in [0.717, 1.165) is 5.56 Å². The maximum atomic E-state index is 11.7. The Bertz CT molecular complexity index is 664. The van der Waals surface area contributed by atoms with Gasteiger partial charge in [-0.2, -0.15) is 0 Å². The molecule has 0 radical (unpaired) electrons. The summed E-state index contributed by atoms with van der Waals surface area (Å²) in [4.78, 5) is 25.7. The number of methoxy groups -OCH3 is 1. The number of ether oxygens (including phenoxy) is 3. The zero-order valence-corrected chi connectivity index (χ0v) is 14.8. The molecule has 2 atom stereocenters. The van der Waals surface area contributed by atoms with E-state index < -0.39 is 37.2 Å². The predicted octanol–water partition coefficient (Wildman–Crippen LogP) is -0.0967. The molecule has 3 N–H and O–H groups in total. The van der Waals surface area contributed by atoms with Gasteiger partial charge in [0.05, 0.1) is 26.9 Å². The fraction of sp³-hybridized carbons (Fsp3) is 0.500. The van der Waals surface area contributed by atoms with Crippen LogP contribution in [0.5, 0.6) is 5.75 Å². The Morgan fingerprint density at radius 2 is 2.15 bits per heavy atom. The number of rotatable bonds is 12. The van der Waals surface area contributed by atoms with Crippen LogP contribution in [0.1, 0.15) is 5.56 Å². The van der Waals surface area contributed by atoms with Crippen LogP contribution in [0, 0.1) is 0 Å². The Hall–Kier alpha value is -2.85. The minimum absolute atomic E-state index is 0.0531. The van der Waals surface area contributed by atoms with E-state index in [1.807, 2.05) is 0 Å². The van der Waals surface area contributed by atoms with E-state index in [1.54, 1.807) is 24.3 Å². The molecular formula is C16H22N4O7. The third-order valence-electron chi connectivity index (χ3n) is 3.20. The van der Waals surface area contributed by atoms with Crippen LogP contribution in [0.25, 0.3) is 10.4 Å². The fourth-order valence-electron chi connectivity index (χ4n) is 1.91. The molecule has 0 aromatic heterocycles. The molecule has 1 unspecified atom stereocenters. The van der Waals surface area contributed by atoms with Crippen LogP contribution in [0.2, 0.25) is 0 Å². The summed E-state index contributed by atoms with van der Waals surface area (Å²) in [5, 5.41) is 23.5. The van der Waals surface area contributed by atoms with E-state index in [2.05, 4.69) is 20.1 Å². The third-order valence-corrected chi connectivity index (χ3v) is 3.20. The maximum absolute atomic E-state index is 11.7. The molecule has 0 aliphatic heterocycles. The molecule has 0 heterocycles. The van der Waals surface area contributed by atoms with Gasteiger partial charge < -0.3 is 29.7 Å². The first-order valence-electron chi connectivity index (χ1n) is 7.96. The third kappa shape index (κ3) is 8.88. The molecule has 11 heteroatoms. The van der Waals surface area contributed by atoms with Crippen molar-refractivity contribution in [3.8, 4) is 5.75 Å². The van der Waals surface area contributed by atoms with Crippen molar-refractivity contribution < 1.29 is 34.0 Å². The number of azide groups is 1. The van der Waals surface area contributed by atoms with Gasteiger partial charge in [-0.15, -0.1) is 0 Å². The first kappa shape index (κ1) is 22.2.